The van der Waals surface area contributed by atoms with Crippen LogP contribution in [0.3, 0.4) is 0 Å². The van der Waals surface area contributed by atoms with Gasteiger partial charge in [0.25, 0.3) is 0 Å². The van der Waals surface area contributed by atoms with Gasteiger partial charge >= 0.3 is 6.18 Å². The van der Waals surface area contributed by atoms with Gasteiger partial charge in [-0.15, -0.1) is 6.58 Å². The minimum Gasteiger partial charge on any atom is -0.171 e. The minimum absolute atomic E-state index is 0.00694. The molecule has 0 bridgehead atoms. The van der Waals surface area contributed by atoms with Gasteiger partial charge in [-0.25, -0.2) is 0 Å². The number of alkyl halides is 3. The van der Waals surface area contributed by atoms with Crippen molar-refractivity contribution in [1.82, 2.24) is 0 Å². The molecule has 0 aliphatic carbocycles. The molecule has 0 aliphatic rings. The molecule has 0 aromatic heterocycles. The van der Waals surface area contributed by atoms with Gasteiger partial charge in [0.1, 0.15) is 0 Å². The first-order chi connectivity index (χ1) is 5.19. The Balaban J connectivity index is 4.56. The molecule has 1 atom stereocenters. The first kappa shape index (κ1) is 11.5. The summed E-state index contributed by atoms with van der Waals surface area (Å²) in [4.78, 5) is 0. The quantitative estimate of drug-likeness (QED) is 0.567. The molecule has 0 heterocycles. The van der Waals surface area contributed by atoms with Crippen LogP contribution in [-0.4, -0.2) is 6.18 Å². The fraction of sp³-hybridized carbons (Fsp3) is 0.778. The highest BCUT2D eigenvalue weighted by Crippen LogP contribution is 2.41. The molecule has 1 unspecified atom stereocenters. The molecule has 0 aliphatic heterocycles. The molecule has 0 spiro atoms. The van der Waals surface area contributed by atoms with Crippen molar-refractivity contribution in [3.63, 3.8) is 0 Å². The zero-order chi connectivity index (χ0) is 9.99. The molecule has 0 N–H and O–H groups in total. The highest BCUT2D eigenvalue weighted by Gasteiger charge is 2.45. The van der Waals surface area contributed by atoms with E-state index in [1.165, 1.54) is 6.08 Å². The van der Waals surface area contributed by atoms with Crippen LogP contribution in [0.4, 0.5) is 13.2 Å². The Morgan fingerprint density at radius 1 is 1.25 bits per heavy atom. The number of rotatable bonds is 2. The maximum absolute atomic E-state index is 12.4. The standard InChI is InChI=1S/C9H15F3/c1-5-6-7(8(2,3)4)9(10,11)12/h5,7H,1,6H2,2-4H3. The fourth-order valence-electron chi connectivity index (χ4n) is 1.14. The monoisotopic (exact) mass is 180 g/mol. The maximum Gasteiger partial charge on any atom is 0.392 e. The van der Waals surface area contributed by atoms with Gasteiger partial charge < -0.3 is 0 Å². The van der Waals surface area contributed by atoms with Gasteiger partial charge in [0, 0.05) is 0 Å². The Hall–Kier alpha value is -0.470. The van der Waals surface area contributed by atoms with Gasteiger partial charge in [-0.2, -0.15) is 13.2 Å². The van der Waals surface area contributed by atoms with E-state index < -0.39 is 17.5 Å². The molecule has 72 valence electrons. The average Bonchev–Trinajstić information content (AvgIpc) is 1.77. The van der Waals surface area contributed by atoms with Crippen LogP contribution < -0.4 is 0 Å². The predicted octanol–water partition coefficient (Wildman–Crippen LogP) is 3.79. The smallest absolute Gasteiger partial charge is 0.171 e. The SMILES string of the molecule is C=CCC(C(C)(C)C)C(F)(F)F. The average molecular weight is 180 g/mol. The first-order valence-corrected chi connectivity index (χ1v) is 3.87. The lowest BCUT2D eigenvalue weighted by Crippen LogP contribution is -2.33. The molecule has 12 heavy (non-hydrogen) atoms. The lowest BCUT2D eigenvalue weighted by atomic mass is 9.78. The van der Waals surface area contributed by atoms with Gasteiger partial charge in [0.05, 0.1) is 5.92 Å². The highest BCUT2D eigenvalue weighted by molar-refractivity contribution is 4.85. The second-order valence-corrected chi connectivity index (χ2v) is 3.98. The van der Waals surface area contributed by atoms with Crippen molar-refractivity contribution in [2.75, 3.05) is 0 Å². The van der Waals surface area contributed by atoms with Gasteiger partial charge in [0.15, 0.2) is 0 Å². The maximum atomic E-state index is 12.4. The molecule has 0 radical (unpaired) electrons. The number of halogens is 3. The van der Waals surface area contributed by atoms with E-state index in [2.05, 4.69) is 6.58 Å². The zero-order valence-corrected chi connectivity index (χ0v) is 7.70. The van der Waals surface area contributed by atoms with Crippen molar-refractivity contribution in [3.8, 4) is 0 Å². The Bertz CT molecular complexity index is 136. The summed E-state index contributed by atoms with van der Waals surface area (Å²) in [5, 5.41) is 0. The van der Waals surface area contributed by atoms with E-state index in [9.17, 15) is 13.2 Å². The van der Waals surface area contributed by atoms with Crippen LogP contribution in [0, 0.1) is 11.3 Å². The van der Waals surface area contributed by atoms with Gasteiger partial charge in [-0.3, -0.25) is 0 Å². The van der Waals surface area contributed by atoms with Crippen LogP contribution in [0.25, 0.3) is 0 Å². The van der Waals surface area contributed by atoms with Crippen LogP contribution in [0.1, 0.15) is 27.2 Å². The molecule has 0 saturated carbocycles. The number of hydrogen-bond donors (Lipinski definition) is 0. The molecule has 3 heteroatoms. The van der Waals surface area contributed by atoms with E-state index in [1.807, 2.05) is 0 Å². The topological polar surface area (TPSA) is 0 Å². The van der Waals surface area contributed by atoms with Crippen molar-refractivity contribution in [2.24, 2.45) is 11.3 Å². The van der Waals surface area contributed by atoms with Crippen molar-refractivity contribution >= 4 is 0 Å². The minimum atomic E-state index is -4.12. The summed E-state index contributed by atoms with van der Waals surface area (Å²) in [6.07, 6.45) is -2.80. The normalized spacial score (nSPS) is 15.8. The van der Waals surface area contributed by atoms with E-state index in [1.54, 1.807) is 20.8 Å². The summed E-state index contributed by atoms with van der Waals surface area (Å²) in [5.74, 6) is -1.29. The van der Waals surface area contributed by atoms with E-state index in [0.29, 0.717) is 0 Å². The van der Waals surface area contributed by atoms with Crippen molar-refractivity contribution < 1.29 is 13.2 Å². The number of hydrogen-bond acceptors (Lipinski definition) is 0. The second-order valence-electron chi connectivity index (χ2n) is 3.98. The summed E-state index contributed by atoms with van der Waals surface area (Å²) in [6.45, 7) is 8.10. The molecule has 0 fully saturated rings. The summed E-state index contributed by atoms with van der Waals surface area (Å²) in [5.41, 5.74) is -0.744. The van der Waals surface area contributed by atoms with Crippen molar-refractivity contribution in [1.29, 1.82) is 0 Å². The molecule has 0 aromatic rings. The largest absolute Gasteiger partial charge is 0.392 e. The molecule has 0 aromatic carbocycles. The van der Waals surface area contributed by atoms with Crippen LogP contribution in [-0.2, 0) is 0 Å². The molecular weight excluding hydrogens is 165 g/mol. The predicted molar refractivity (Wildman–Crippen MR) is 43.8 cm³/mol. The third-order valence-electron chi connectivity index (χ3n) is 1.84. The highest BCUT2D eigenvalue weighted by atomic mass is 19.4. The third kappa shape index (κ3) is 3.28. The van der Waals surface area contributed by atoms with E-state index in [0.717, 1.165) is 0 Å². The van der Waals surface area contributed by atoms with E-state index >= 15 is 0 Å². The lowest BCUT2D eigenvalue weighted by molar-refractivity contribution is -0.199. The van der Waals surface area contributed by atoms with Crippen LogP contribution >= 0.6 is 0 Å². The van der Waals surface area contributed by atoms with Gasteiger partial charge in [-0.1, -0.05) is 26.8 Å². The van der Waals surface area contributed by atoms with Gasteiger partial charge in [0.2, 0.25) is 0 Å². The Morgan fingerprint density at radius 3 is 1.75 bits per heavy atom. The molecular formula is C9H15F3. The summed E-state index contributed by atoms with van der Waals surface area (Å²) >= 11 is 0. The number of allylic oxidation sites excluding steroid dienone is 1. The van der Waals surface area contributed by atoms with E-state index in [-0.39, 0.29) is 6.42 Å². The molecule has 0 rings (SSSR count). The molecule has 0 amide bonds. The van der Waals surface area contributed by atoms with Crippen LogP contribution in [0.5, 0.6) is 0 Å². The Kier molecular flexibility index (Phi) is 3.36. The summed E-state index contributed by atoms with van der Waals surface area (Å²) < 4.78 is 37.1. The summed E-state index contributed by atoms with van der Waals surface area (Å²) in [7, 11) is 0. The zero-order valence-electron chi connectivity index (χ0n) is 7.70. The lowest BCUT2D eigenvalue weighted by Gasteiger charge is -2.31. The van der Waals surface area contributed by atoms with Gasteiger partial charge in [-0.05, 0) is 11.8 Å². The van der Waals surface area contributed by atoms with Crippen molar-refractivity contribution in [3.05, 3.63) is 12.7 Å². The van der Waals surface area contributed by atoms with Crippen molar-refractivity contribution in [2.45, 2.75) is 33.4 Å². The summed E-state index contributed by atoms with van der Waals surface area (Å²) in [6, 6.07) is 0. The Labute approximate surface area is 71.5 Å². The fourth-order valence-corrected chi connectivity index (χ4v) is 1.14. The first-order valence-electron chi connectivity index (χ1n) is 3.87. The molecule has 0 nitrogen and oxygen atoms in total. The van der Waals surface area contributed by atoms with E-state index in [4.69, 9.17) is 0 Å². The van der Waals surface area contributed by atoms with Crippen LogP contribution in [0.15, 0.2) is 12.7 Å². The second kappa shape index (κ2) is 3.50. The molecule has 0 saturated heterocycles. The third-order valence-corrected chi connectivity index (χ3v) is 1.84. The Morgan fingerprint density at radius 2 is 1.67 bits per heavy atom. The van der Waals surface area contributed by atoms with Crippen LogP contribution in [0.2, 0.25) is 0 Å².